The standard InChI is InChI=1S/C28H29N3O3/c1-30(20-26(32)29-25-13-7-11-22-10-5-6-12-24(22)25)28(34)23-16-18-31(19-17-23)27(33)15-14-21-8-3-2-4-9-21/h2-15,23H,16-20H2,1H3,(H,29,32). The van der Waals surface area contributed by atoms with Crippen LogP contribution in [0.3, 0.4) is 0 Å². The minimum absolute atomic E-state index is 0.0129. The molecule has 0 aliphatic carbocycles. The predicted octanol–water partition coefficient (Wildman–Crippen LogP) is 4.19. The molecule has 1 fully saturated rings. The summed E-state index contributed by atoms with van der Waals surface area (Å²) in [5.74, 6) is -0.513. The van der Waals surface area contributed by atoms with E-state index in [1.807, 2.05) is 78.9 Å². The molecule has 0 aromatic heterocycles. The molecule has 6 heteroatoms. The highest BCUT2D eigenvalue weighted by Gasteiger charge is 2.29. The second-order valence-corrected chi connectivity index (χ2v) is 8.61. The molecule has 0 saturated carbocycles. The molecule has 174 valence electrons. The fraction of sp³-hybridized carbons (Fsp3) is 0.250. The van der Waals surface area contributed by atoms with Gasteiger partial charge in [0.2, 0.25) is 17.7 Å². The predicted molar refractivity (Wildman–Crippen MR) is 135 cm³/mol. The van der Waals surface area contributed by atoms with Gasteiger partial charge < -0.3 is 15.1 Å². The van der Waals surface area contributed by atoms with Crippen LogP contribution in [0.4, 0.5) is 5.69 Å². The Bertz CT molecular complexity index is 1190. The van der Waals surface area contributed by atoms with Crippen molar-refractivity contribution in [2.45, 2.75) is 12.8 Å². The van der Waals surface area contributed by atoms with Gasteiger partial charge in [-0.2, -0.15) is 0 Å². The number of rotatable bonds is 6. The second kappa shape index (κ2) is 10.8. The lowest BCUT2D eigenvalue weighted by molar-refractivity contribution is -0.140. The highest BCUT2D eigenvalue weighted by atomic mass is 16.2. The van der Waals surface area contributed by atoms with E-state index in [2.05, 4.69) is 5.32 Å². The van der Waals surface area contributed by atoms with E-state index in [9.17, 15) is 14.4 Å². The molecule has 6 nitrogen and oxygen atoms in total. The first-order chi connectivity index (χ1) is 16.5. The summed E-state index contributed by atoms with van der Waals surface area (Å²) in [5, 5.41) is 4.94. The Hall–Kier alpha value is -3.93. The van der Waals surface area contributed by atoms with Crippen LogP contribution in [0, 0.1) is 5.92 Å². The van der Waals surface area contributed by atoms with Gasteiger partial charge in [0, 0.05) is 43.2 Å². The van der Waals surface area contributed by atoms with Gasteiger partial charge in [-0.05, 0) is 35.9 Å². The third kappa shape index (κ3) is 5.70. The van der Waals surface area contributed by atoms with Crippen LogP contribution >= 0.6 is 0 Å². The average molecular weight is 456 g/mol. The molecule has 0 atom stereocenters. The summed E-state index contributed by atoms with van der Waals surface area (Å²) in [6.45, 7) is 1.05. The Kier molecular flexibility index (Phi) is 7.38. The van der Waals surface area contributed by atoms with E-state index in [1.165, 1.54) is 4.90 Å². The third-order valence-corrected chi connectivity index (χ3v) is 6.19. The van der Waals surface area contributed by atoms with E-state index in [0.717, 1.165) is 22.0 Å². The monoisotopic (exact) mass is 455 g/mol. The first kappa shape index (κ1) is 23.2. The summed E-state index contributed by atoms with van der Waals surface area (Å²) in [7, 11) is 1.66. The molecule has 1 N–H and O–H groups in total. The van der Waals surface area contributed by atoms with Crippen molar-refractivity contribution in [3.05, 3.63) is 84.4 Å². The number of carbonyl (C=O) groups is 3. The van der Waals surface area contributed by atoms with E-state index in [1.54, 1.807) is 18.0 Å². The van der Waals surface area contributed by atoms with Crippen LogP contribution in [0.15, 0.2) is 78.9 Å². The molecule has 1 aliphatic heterocycles. The summed E-state index contributed by atoms with van der Waals surface area (Å²) < 4.78 is 0. The molecule has 3 amide bonds. The fourth-order valence-electron chi connectivity index (χ4n) is 4.31. The van der Waals surface area contributed by atoms with Crippen molar-refractivity contribution in [2.24, 2.45) is 5.92 Å². The molecule has 3 aromatic carbocycles. The van der Waals surface area contributed by atoms with Gasteiger partial charge in [-0.3, -0.25) is 14.4 Å². The molecule has 0 spiro atoms. The van der Waals surface area contributed by atoms with Gasteiger partial charge in [0.05, 0.1) is 6.54 Å². The molecule has 34 heavy (non-hydrogen) atoms. The van der Waals surface area contributed by atoms with Gasteiger partial charge >= 0.3 is 0 Å². The average Bonchev–Trinajstić information content (AvgIpc) is 2.87. The van der Waals surface area contributed by atoms with Crippen molar-refractivity contribution >= 4 is 40.3 Å². The minimum atomic E-state index is -0.231. The highest BCUT2D eigenvalue weighted by Crippen LogP contribution is 2.23. The normalized spacial score (nSPS) is 14.3. The Morgan fingerprint density at radius 3 is 2.38 bits per heavy atom. The first-order valence-corrected chi connectivity index (χ1v) is 11.6. The number of nitrogens with zero attached hydrogens (tertiary/aromatic N) is 2. The molecule has 0 radical (unpaired) electrons. The second-order valence-electron chi connectivity index (χ2n) is 8.61. The van der Waals surface area contributed by atoms with Crippen molar-refractivity contribution in [3.63, 3.8) is 0 Å². The lowest BCUT2D eigenvalue weighted by atomic mass is 9.95. The maximum atomic E-state index is 12.9. The smallest absolute Gasteiger partial charge is 0.246 e. The van der Waals surface area contributed by atoms with E-state index >= 15 is 0 Å². The Labute approximate surface area is 199 Å². The van der Waals surface area contributed by atoms with Crippen LogP contribution in [-0.4, -0.2) is 54.2 Å². The maximum Gasteiger partial charge on any atom is 0.246 e. The highest BCUT2D eigenvalue weighted by molar-refractivity contribution is 6.03. The number of anilines is 1. The Balaban J connectivity index is 1.27. The van der Waals surface area contributed by atoms with Crippen LogP contribution in [-0.2, 0) is 14.4 Å². The number of nitrogens with one attached hydrogen (secondary N) is 1. The molecule has 1 saturated heterocycles. The van der Waals surface area contributed by atoms with Crippen molar-refractivity contribution in [2.75, 3.05) is 32.0 Å². The van der Waals surface area contributed by atoms with E-state index in [-0.39, 0.29) is 30.2 Å². The molecule has 0 unspecified atom stereocenters. The fourth-order valence-corrected chi connectivity index (χ4v) is 4.31. The van der Waals surface area contributed by atoms with Gasteiger partial charge in [-0.15, -0.1) is 0 Å². The summed E-state index contributed by atoms with van der Waals surface area (Å²) in [6.07, 6.45) is 4.58. The first-order valence-electron chi connectivity index (χ1n) is 11.6. The van der Waals surface area contributed by atoms with Crippen LogP contribution in [0.1, 0.15) is 18.4 Å². The molecule has 1 heterocycles. The van der Waals surface area contributed by atoms with Crippen molar-refractivity contribution < 1.29 is 14.4 Å². The molecular weight excluding hydrogens is 426 g/mol. The van der Waals surface area contributed by atoms with Gasteiger partial charge in [0.25, 0.3) is 0 Å². The van der Waals surface area contributed by atoms with Crippen LogP contribution in [0.2, 0.25) is 0 Å². The van der Waals surface area contributed by atoms with E-state index < -0.39 is 0 Å². The van der Waals surface area contributed by atoms with E-state index in [4.69, 9.17) is 0 Å². The summed E-state index contributed by atoms with van der Waals surface area (Å²) in [4.78, 5) is 41.3. The van der Waals surface area contributed by atoms with Crippen molar-refractivity contribution in [1.82, 2.24) is 9.80 Å². The largest absolute Gasteiger partial charge is 0.339 e. The molecule has 0 bridgehead atoms. The zero-order chi connectivity index (χ0) is 23.9. The lowest BCUT2D eigenvalue weighted by Crippen LogP contribution is -2.44. The van der Waals surface area contributed by atoms with Gasteiger partial charge in [0.1, 0.15) is 0 Å². The Morgan fingerprint density at radius 1 is 0.941 bits per heavy atom. The Morgan fingerprint density at radius 2 is 1.62 bits per heavy atom. The summed E-state index contributed by atoms with van der Waals surface area (Å²) in [5.41, 5.74) is 1.71. The molecule has 3 aromatic rings. The van der Waals surface area contributed by atoms with Gasteiger partial charge in [0.15, 0.2) is 0 Å². The number of likely N-dealkylation sites (tertiary alicyclic amines) is 1. The molecular formula is C28H29N3O3. The number of hydrogen-bond donors (Lipinski definition) is 1. The van der Waals surface area contributed by atoms with Crippen LogP contribution < -0.4 is 5.32 Å². The SMILES string of the molecule is CN(CC(=O)Nc1cccc2ccccc12)C(=O)C1CCN(C(=O)C=Cc2ccccc2)CC1. The molecule has 4 rings (SSSR count). The zero-order valence-electron chi connectivity index (χ0n) is 19.3. The number of carbonyl (C=O) groups excluding carboxylic acids is 3. The number of amides is 3. The van der Waals surface area contributed by atoms with Crippen molar-refractivity contribution in [1.29, 1.82) is 0 Å². The van der Waals surface area contributed by atoms with Crippen LogP contribution in [0.25, 0.3) is 16.8 Å². The third-order valence-electron chi connectivity index (χ3n) is 6.19. The quantitative estimate of drug-likeness (QED) is 0.567. The van der Waals surface area contributed by atoms with Gasteiger partial charge in [-0.1, -0.05) is 66.7 Å². The van der Waals surface area contributed by atoms with Gasteiger partial charge in [-0.25, -0.2) is 0 Å². The van der Waals surface area contributed by atoms with E-state index in [0.29, 0.717) is 25.9 Å². The number of likely N-dealkylation sites (N-methyl/N-ethyl adjacent to an activating group) is 1. The van der Waals surface area contributed by atoms with Crippen LogP contribution in [0.5, 0.6) is 0 Å². The number of benzene rings is 3. The minimum Gasteiger partial charge on any atom is -0.339 e. The topological polar surface area (TPSA) is 69.7 Å². The summed E-state index contributed by atoms with van der Waals surface area (Å²) >= 11 is 0. The number of hydrogen-bond acceptors (Lipinski definition) is 3. The zero-order valence-corrected chi connectivity index (χ0v) is 19.3. The number of piperidine rings is 1. The summed E-state index contributed by atoms with van der Waals surface area (Å²) in [6, 6.07) is 23.3. The molecule has 1 aliphatic rings. The maximum absolute atomic E-state index is 12.9. The lowest BCUT2D eigenvalue weighted by Gasteiger charge is -2.32. The van der Waals surface area contributed by atoms with Crippen molar-refractivity contribution in [3.8, 4) is 0 Å². The number of fused-ring (bicyclic) bond motifs is 1.